The zero-order valence-corrected chi connectivity index (χ0v) is 14.3. The van der Waals surface area contributed by atoms with Gasteiger partial charge in [-0.1, -0.05) is 6.07 Å². The van der Waals surface area contributed by atoms with Crippen molar-refractivity contribution in [2.45, 2.75) is 25.3 Å². The molecule has 1 aliphatic heterocycles. The van der Waals surface area contributed by atoms with Crippen molar-refractivity contribution in [1.82, 2.24) is 10.2 Å². The summed E-state index contributed by atoms with van der Waals surface area (Å²) >= 11 is 1.54. The molecule has 1 saturated heterocycles. The molecular formula is C18H18F2N2O2S. The lowest BCUT2D eigenvalue weighted by molar-refractivity contribution is -0.121. The van der Waals surface area contributed by atoms with Crippen molar-refractivity contribution in [1.29, 1.82) is 0 Å². The predicted octanol–water partition coefficient (Wildman–Crippen LogP) is 2.99. The molecule has 0 bridgehead atoms. The minimum Gasteiger partial charge on any atom is -0.353 e. The highest BCUT2D eigenvalue weighted by Gasteiger charge is 2.26. The minimum atomic E-state index is -0.851. The van der Waals surface area contributed by atoms with Gasteiger partial charge in [0.15, 0.2) is 0 Å². The van der Waals surface area contributed by atoms with Gasteiger partial charge in [0.1, 0.15) is 11.6 Å². The quantitative estimate of drug-likeness (QED) is 0.907. The third-order valence-electron chi connectivity index (χ3n) is 4.22. The molecule has 1 aromatic heterocycles. The first-order valence-electron chi connectivity index (χ1n) is 8.09. The van der Waals surface area contributed by atoms with Gasteiger partial charge < -0.3 is 10.2 Å². The van der Waals surface area contributed by atoms with Crippen LogP contribution in [0.1, 0.15) is 28.1 Å². The fourth-order valence-electron chi connectivity index (χ4n) is 2.91. The van der Waals surface area contributed by atoms with Crippen LogP contribution >= 0.6 is 11.3 Å². The summed E-state index contributed by atoms with van der Waals surface area (Å²) in [6.07, 6.45) is 1.59. The van der Waals surface area contributed by atoms with Crippen molar-refractivity contribution in [3.05, 3.63) is 57.8 Å². The SMILES string of the molecule is O=C(Cc1cccs1)NC1CCN(C(=O)c2ccc(F)cc2F)CC1. The normalized spacial score (nSPS) is 15.2. The summed E-state index contributed by atoms with van der Waals surface area (Å²) in [7, 11) is 0. The number of rotatable bonds is 4. The Kier molecular flexibility index (Phi) is 5.43. The van der Waals surface area contributed by atoms with Crippen LogP contribution in [0.25, 0.3) is 0 Å². The van der Waals surface area contributed by atoms with Crippen LogP contribution in [0, 0.1) is 11.6 Å². The number of nitrogens with zero attached hydrogens (tertiary/aromatic N) is 1. The van der Waals surface area contributed by atoms with Crippen molar-refractivity contribution in [3.63, 3.8) is 0 Å². The maximum Gasteiger partial charge on any atom is 0.256 e. The fraction of sp³-hybridized carbons (Fsp3) is 0.333. The summed E-state index contributed by atoms with van der Waals surface area (Å²) in [4.78, 5) is 26.9. The third-order valence-corrected chi connectivity index (χ3v) is 5.10. The van der Waals surface area contributed by atoms with Crippen LogP contribution in [0.5, 0.6) is 0 Å². The van der Waals surface area contributed by atoms with E-state index in [4.69, 9.17) is 0 Å². The van der Waals surface area contributed by atoms with Crippen LogP contribution < -0.4 is 5.32 Å². The number of benzene rings is 1. The zero-order chi connectivity index (χ0) is 17.8. The molecule has 0 atom stereocenters. The zero-order valence-electron chi connectivity index (χ0n) is 13.5. The number of carbonyl (C=O) groups is 2. The summed E-state index contributed by atoms with van der Waals surface area (Å²) in [6.45, 7) is 0.860. The largest absolute Gasteiger partial charge is 0.353 e. The molecule has 132 valence electrons. The molecule has 3 rings (SSSR count). The second kappa shape index (κ2) is 7.74. The van der Waals surface area contributed by atoms with E-state index in [-0.39, 0.29) is 17.5 Å². The Hall–Kier alpha value is -2.28. The van der Waals surface area contributed by atoms with E-state index < -0.39 is 17.5 Å². The minimum absolute atomic E-state index is 0.00887. The van der Waals surface area contributed by atoms with E-state index >= 15 is 0 Å². The van der Waals surface area contributed by atoms with Crippen molar-refractivity contribution >= 4 is 23.2 Å². The first-order chi connectivity index (χ1) is 12.0. The topological polar surface area (TPSA) is 49.4 Å². The molecule has 25 heavy (non-hydrogen) atoms. The van der Waals surface area contributed by atoms with Gasteiger partial charge in [-0.05, 0) is 36.4 Å². The monoisotopic (exact) mass is 364 g/mol. The number of nitrogens with one attached hydrogen (secondary N) is 1. The molecule has 1 aliphatic rings. The highest BCUT2D eigenvalue weighted by atomic mass is 32.1. The Morgan fingerprint density at radius 3 is 2.60 bits per heavy atom. The second-order valence-corrected chi connectivity index (χ2v) is 7.05. The highest BCUT2D eigenvalue weighted by Crippen LogP contribution is 2.17. The first kappa shape index (κ1) is 17.5. The standard InChI is InChI=1S/C18H18F2N2O2S/c19-12-3-4-15(16(20)10-12)18(24)22-7-5-13(6-8-22)21-17(23)11-14-2-1-9-25-14/h1-4,9-10,13H,5-8,11H2,(H,21,23). The molecule has 0 saturated carbocycles. The maximum atomic E-state index is 13.7. The molecule has 1 N–H and O–H groups in total. The van der Waals surface area contributed by atoms with Crippen LogP contribution in [0.3, 0.4) is 0 Å². The lowest BCUT2D eigenvalue weighted by Gasteiger charge is -2.32. The van der Waals surface area contributed by atoms with E-state index in [0.717, 1.165) is 10.9 Å². The average Bonchev–Trinajstić information content (AvgIpc) is 3.08. The molecule has 4 nitrogen and oxygen atoms in total. The Bertz CT molecular complexity index is 756. The Balaban J connectivity index is 1.51. The van der Waals surface area contributed by atoms with E-state index in [9.17, 15) is 18.4 Å². The molecule has 2 aromatic rings. The first-order valence-corrected chi connectivity index (χ1v) is 8.97. The summed E-state index contributed by atoms with van der Waals surface area (Å²) in [5, 5.41) is 4.91. The number of halogens is 2. The van der Waals surface area contributed by atoms with Crippen LogP contribution in [-0.4, -0.2) is 35.8 Å². The summed E-state index contributed by atoms with van der Waals surface area (Å²) < 4.78 is 26.7. The Morgan fingerprint density at radius 1 is 1.20 bits per heavy atom. The van der Waals surface area contributed by atoms with E-state index in [2.05, 4.69) is 5.32 Å². The van der Waals surface area contributed by atoms with Gasteiger partial charge in [-0.3, -0.25) is 9.59 Å². The lowest BCUT2D eigenvalue weighted by Crippen LogP contribution is -2.47. The molecule has 2 heterocycles. The number of carbonyl (C=O) groups excluding carboxylic acids is 2. The highest BCUT2D eigenvalue weighted by molar-refractivity contribution is 7.10. The van der Waals surface area contributed by atoms with Crippen LogP contribution in [0.4, 0.5) is 8.78 Å². The molecule has 2 amide bonds. The van der Waals surface area contributed by atoms with E-state index in [0.29, 0.717) is 38.4 Å². The summed E-state index contributed by atoms with van der Waals surface area (Å²) in [5.41, 5.74) is -0.124. The number of amides is 2. The summed E-state index contributed by atoms with van der Waals surface area (Å²) in [6, 6.07) is 6.80. The van der Waals surface area contributed by atoms with Gasteiger partial charge in [0, 0.05) is 30.1 Å². The van der Waals surface area contributed by atoms with Crippen molar-refractivity contribution in [2.75, 3.05) is 13.1 Å². The number of hydrogen-bond acceptors (Lipinski definition) is 3. The van der Waals surface area contributed by atoms with Gasteiger partial charge >= 0.3 is 0 Å². The van der Waals surface area contributed by atoms with Gasteiger partial charge in [0.25, 0.3) is 5.91 Å². The van der Waals surface area contributed by atoms with Crippen LogP contribution in [-0.2, 0) is 11.2 Å². The molecule has 1 fully saturated rings. The van der Waals surface area contributed by atoms with E-state index in [1.54, 1.807) is 11.3 Å². The molecule has 0 spiro atoms. The molecule has 0 unspecified atom stereocenters. The summed E-state index contributed by atoms with van der Waals surface area (Å²) in [5.74, 6) is -2.03. The molecule has 1 aromatic carbocycles. The Labute approximate surface area is 148 Å². The van der Waals surface area contributed by atoms with E-state index in [1.165, 1.54) is 11.0 Å². The van der Waals surface area contributed by atoms with Crippen molar-refractivity contribution < 1.29 is 18.4 Å². The number of piperidine rings is 1. The molecular weight excluding hydrogens is 346 g/mol. The van der Waals surface area contributed by atoms with Gasteiger partial charge in [-0.25, -0.2) is 8.78 Å². The van der Waals surface area contributed by atoms with E-state index in [1.807, 2.05) is 17.5 Å². The van der Waals surface area contributed by atoms with Gasteiger partial charge in [0.05, 0.1) is 12.0 Å². The Morgan fingerprint density at radius 2 is 1.96 bits per heavy atom. The van der Waals surface area contributed by atoms with Gasteiger partial charge in [-0.2, -0.15) is 0 Å². The molecule has 0 radical (unpaired) electrons. The number of likely N-dealkylation sites (tertiary alicyclic amines) is 1. The van der Waals surface area contributed by atoms with Crippen LogP contribution in [0.15, 0.2) is 35.7 Å². The number of thiophene rings is 1. The smallest absolute Gasteiger partial charge is 0.256 e. The molecule has 7 heteroatoms. The fourth-order valence-corrected chi connectivity index (χ4v) is 3.61. The molecule has 0 aliphatic carbocycles. The van der Waals surface area contributed by atoms with Crippen molar-refractivity contribution in [3.8, 4) is 0 Å². The van der Waals surface area contributed by atoms with Gasteiger partial charge in [0.2, 0.25) is 5.91 Å². The second-order valence-electron chi connectivity index (χ2n) is 6.01. The third kappa shape index (κ3) is 4.42. The maximum absolute atomic E-state index is 13.7. The average molecular weight is 364 g/mol. The number of hydrogen-bond donors (Lipinski definition) is 1. The predicted molar refractivity (Wildman–Crippen MR) is 91.4 cm³/mol. The van der Waals surface area contributed by atoms with Crippen LogP contribution in [0.2, 0.25) is 0 Å². The lowest BCUT2D eigenvalue weighted by atomic mass is 10.0. The van der Waals surface area contributed by atoms with Gasteiger partial charge in [-0.15, -0.1) is 11.3 Å². The van der Waals surface area contributed by atoms with Crippen molar-refractivity contribution in [2.24, 2.45) is 0 Å².